The molecule has 2 rings (SSSR count). The third-order valence-electron chi connectivity index (χ3n) is 4.25. The molecule has 1 aromatic heterocycles. The van der Waals surface area contributed by atoms with Crippen LogP contribution in [0.15, 0.2) is 12.1 Å². The second kappa shape index (κ2) is 6.57. The predicted molar refractivity (Wildman–Crippen MR) is 86.2 cm³/mol. The summed E-state index contributed by atoms with van der Waals surface area (Å²) in [5.41, 5.74) is 3.08. The van der Waals surface area contributed by atoms with Gasteiger partial charge >= 0.3 is 0 Å². The number of piperidine rings is 1. The number of hydrogen-bond acceptors (Lipinski definition) is 3. The number of nitrogens with zero attached hydrogens (tertiary/aromatic N) is 2. The van der Waals surface area contributed by atoms with Crippen LogP contribution in [0.5, 0.6) is 0 Å². The molecule has 0 atom stereocenters. The van der Waals surface area contributed by atoms with Crippen LogP contribution in [-0.4, -0.2) is 25.1 Å². The SMILES string of the molecule is CCCc1cc(CNC)cc(N2CCC(C)(C)CC2)n1. The number of aryl methyl sites for hydroxylation is 1. The minimum atomic E-state index is 0.491. The van der Waals surface area contributed by atoms with Crippen LogP contribution in [0.3, 0.4) is 0 Å². The van der Waals surface area contributed by atoms with Gasteiger partial charge in [-0.25, -0.2) is 4.98 Å². The lowest BCUT2D eigenvalue weighted by Gasteiger charge is -2.37. The second-order valence-electron chi connectivity index (χ2n) is 6.76. The van der Waals surface area contributed by atoms with Crippen LogP contribution in [0.25, 0.3) is 0 Å². The molecule has 2 heterocycles. The van der Waals surface area contributed by atoms with E-state index in [-0.39, 0.29) is 0 Å². The Morgan fingerprint density at radius 3 is 2.55 bits per heavy atom. The number of pyridine rings is 1. The summed E-state index contributed by atoms with van der Waals surface area (Å²) in [7, 11) is 2.00. The summed E-state index contributed by atoms with van der Waals surface area (Å²) < 4.78 is 0. The molecule has 3 nitrogen and oxygen atoms in total. The maximum absolute atomic E-state index is 4.87. The first kappa shape index (κ1) is 15.3. The smallest absolute Gasteiger partial charge is 0.129 e. The first-order valence-electron chi connectivity index (χ1n) is 7.93. The van der Waals surface area contributed by atoms with E-state index in [9.17, 15) is 0 Å². The maximum Gasteiger partial charge on any atom is 0.129 e. The Kier molecular flexibility index (Phi) is 5.03. The first-order chi connectivity index (χ1) is 9.54. The van der Waals surface area contributed by atoms with Crippen LogP contribution in [0, 0.1) is 5.41 Å². The van der Waals surface area contributed by atoms with Crippen molar-refractivity contribution in [1.29, 1.82) is 0 Å². The predicted octanol–water partition coefficient (Wildman–Crippen LogP) is 3.38. The molecule has 20 heavy (non-hydrogen) atoms. The quantitative estimate of drug-likeness (QED) is 0.893. The molecular formula is C17H29N3. The molecule has 1 saturated heterocycles. The van der Waals surface area contributed by atoms with Crippen molar-refractivity contribution in [3.05, 3.63) is 23.4 Å². The zero-order valence-corrected chi connectivity index (χ0v) is 13.5. The van der Waals surface area contributed by atoms with E-state index in [1.165, 1.54) is 29.9 Å². The fourth-order valence-electron chi connectivity index (χ4n) is 2.83. The molecule has 1 aromatic rings. The van der Waals surface area contributed by atoms with Gasteiger partial charge in [0.05, 0.1) is 0 Å². The number of hydrogen-bond donors (Lipinski definition) is 1. The Morgan fingerprint density at radius 1 is 1.25 bits per heavy atom. The van der Waals surface area contributed by atoms with E-state index in [1.807, 2.05) is 7.05 Å². The van der Waals surface area contributed by atoms with Crippen LogP contribution >= 0.6 is 0 Å². The highest BCUT2D eigenvalue weighted by Gasteiger charge is 2.26. The molecule has 112 valence electrons. The van der Waals surface area contributed by atoms with Crippen molar-refractivity contribution in [1.82, 2.24) is 10.3 Å². The molecule has 0 bridgehead atoms. The van der Waals surface area contributed by atoms with E-state index in [4.69, 9.17) is 4.98 Å². The lowest BCUT2D eigenvalue weighted by Crippen LogP contribution is -2.37. The first-order valence-corrected chi connectivity index (χ1v) is 7.93. The largest absolute Gasteiger partial charge is 0.357 e. The lowest BCUT2D eigenvalue weighted by atomic mass is 9.83. The highest BCUT2D eigenvalue weighted by molar-refractivity contribution is 5.43. The zero-order valence-electron chi connectivity index (χ0n) is 13.5. The maximum atomic E-state index is 4.87. The van der Waals surface area contributed by atoms with Crippen molar-refractivity contribution in [3.8, 4) is 0 Å². The lowest BCUT2D eigenvalue weighted by molar-refractivity contribution is 0.279. The highest BCUT2D eigenvalue weighted by atomic mass is 15.2. The van der Waals surface area contributed by atoms with Crippen molar-refractivity contribution in [3.63, 3.8) is 0 Å². The van der Waals surface area contributed by atoms with Crippen LogP contribution in [-0.2, 0) is 13.0 Å². The Labute approximate surface area is 123 Å². The number of aromatic nitrogens is 1. The van der Waals surface area contributed by atoms with E-state index in [0.717, 1.165) is 32.5 Å². The van der Waals surface area contributed by atoms with Crippen LogP contribution in [0.4, 0.5) is 5.82 Å². The summed E-state index contributed by atoms with van der Waals surface area (Å²) in [6.45, 7) is 10.2. The van der Waals surface area contributed by atoms with Gasteiger partial charge in [-0.15, -0.1) is 0 Å². The summed E-state index contributed by atoms with van der Waals surface area (Å²) >= 11 is 0. The third-order valence-corrected chi connectivity index (χ3v) is 4.25. The summed E-state index contributed by atoms with van der Waals surface area (Å²) in [5.74, 6) is 1.18. The van der Waals surface area contributed by atoms with Crippen molar-refractivity contribution in [2.75, 3.05) is 25.0 Å². The topological polar surface area (TPSA) is 28.2 Å². The summed E-state index contributed by atoms with van der Waals surface area (Å²) in [5, 5.41) is 3.25. The average Bonchev–Trinajstić information content (AvgIpc) is 2.39. The van der Waals surface area contributed by atoms with E-state index in [1.54, 1.807) is 0 Å². The Hall–Kier alpha value is -1.09. The second-order valence-corrected chi connectivity index (χ2v) is 6.76. The van der Waals surface area contributed by atoms with E-state index in [2.05, 4.69) is 43.1 Å². The van der Waals surface area contributed by atoms with Crippen LogP contribution in [0.2, 0.25) is 0 Å². The molecule has 1 N–H and O–H groups in total. The summed E-state index contributed by atoms with van der Waals surface area (Å²) in [6, 6.07) is 4.51. The molecule has 0 aromatic carbocycles. The molecule has 0 aliphatic carbocycles. The van der Waals surface area contributed by atoms with Crippen molar-refractivity contribution in [2.45, 2.75) is 53.0 Å². The van der Waals surface area contributed by atoms with Crippen molar-refractivity contribution in [2.24, 2.45) is 5.41 Å². The minimum Gasteiger partial charge on any atom is -0.357 e. The third kappa shape index (κ3) is 3.95. The van der Waals surface area contributed by atoms with Crippen molar-refractivity contribution < 1.29 is 0 Å². The fourth-order valence-corrected chi connectivity index (χ4v) is 2.83. The molecule has 0 radical (unpaired) electrons. The van der Waals surface area contributed by atoms with E-state index in [0.29, 0.717) is 5.41 Å². The molecule has 1 aliphatic heterocycles. The fraction of sp³-hybridized carbons (Fsp3) is 0.706. The van der Waals surface area contributed by atoms with Gasteiger partial charge in [-0.1, -0.05) is 27.2 Å². The molecule has 0 saturated carbocycles. The number of anilines is 1. The summed E-state index contributed by atoms with van der Waals surface area (Å²) in [4.78, 5) is 7.34. The average molecular weight is 275 g/mol. The Balaban J connectivity index is 2.17. The number of rotatable bonds is 5. The van der Waals surface area contributed by atoms with Gasteiger partial charge in [0.25, 0.3) is 0 Å². The van der Waals surface area contributed by atoms with Gasteiger partial charge in [0.15, 0.2) is 0 Å². The molecule has 0 amide bonds. The van der Waals surface area contributed by atoms with Gasteiger partial charge in [0.1, 0.15) is 5.82 Å². The standard InChI is InChI=1S/C17H29N3/c1-5-6-15-11-14(13-18-4)12-16(19-15)20-9-7-17(2,3)8-10-20/h11-12,18H,5-10,13H2,1-4H3. The molecule has 3 heteroatoms. The highest BCUT2D eigenvalue weighted by Crippen LogP contribution is 2.31. The Bertz CT molecular complexity index is 406. The van der Waals surface area contributed by atoms with E-state index < -0.39 is 0 Å². The zero-order chi connectivity index (χ0) is 14.6. The molecule has 0 unspecified atom stereocenters. The number of nitrogens with one attached hydrogen (secondary N) is 1. The van der Waals surface area contributed by atoms with Crippen molar-refractivity contribution >= 4 is 5.82 Å². The van der Waals surface area contributed by atoms with Crippen LogP contribution in [0.1, 0.15) is 51.3 Å². The normalized spacial score (nSPS) is 18.3. The van der Waals surface area contributed by atoms with Gasteiger partial charge in [-0.2, -0.15) is 0 Å². The van der Waals surface area contributed by atoms with Gasteiger partial charge < -0.3 is 10.2 Å². The van der Waals surface area contributed by atoms with E-state index >= 15 is 0 Å². The Morgan fingerprint density at radius 2 is 1.95 bits per heavy atom. The summed E-state index contributed by atoms with van der Waals surface area (Å²) in [6.07, 6.45) is 4.74. The molecular weight excluding hydrogens is 246 g/mol. The van der Waals surface area contributed by atoms with Gasteiger partial charge in [0, 0.05) is 25.3 Å². The monoisotopic (exact) mass is 275 g/mol. The minimum absolute atomic E-state index is 0.491. The molecule has 0 spiro atoms. The van der Waals surface area contributed by atoms with Gasteiger partial charge in [-0.3, -0.25) is 0 Å². The molecule has 1 fully saturated rings. The van der Waals surface area contributed by atoms with Gasteiger partial charge in [-0.05, 0) is 49.4 Å². The van der Waals surface area contributed by atoms with Crippen LogP contribution < -0.4 is 10.2 Å². The molecule has 1 aliphatic rings. The van der Waals surface area contributed by atoms with Gasteiger partial charge in [0.2, 0.25) is 0 Å².